The molecule has 3 aromatic rings. The number of rotatable bonds is 4. The van der Waals surface area contributed by atoms with Crippen molar-refractivity contribution in [2.75, 3.05) is 50.9 Å². The average Bonchev–Trinajstić information content (AvgIpc) is 3.20. The predicted octanol–water partition coefficient (Wildman–Crippen LogP) is 2.14. The third-order valence-electron chi connectivity index (χ3n) is 5.50. The van der Waals surface area contributed by atoms with E-state index in [-0.39, 0.29) is 6.10 Å². The fraction of sp³-hybridized carbons (Fsp3) is 0.429. The van der Waals surface area contributed by atoms with Gasteiger partial charge in [0.1, 0.15) is 18.2 Å². The summed E-state index contributed by atoms with van der Waals surface area (Å²) in [7, 11) is 0. The zero-order valence-corrected chi connectivity index (χ0v) is 15.9. The van der Waals surface area contributed by atoms with Crippen molar-refractivity contribution in [2.24, 2.45) is 0 Å². The van der Waals surface area contributed by atoms with E-state index in [2.05, 4.69) is 43.4 Å². The summed E-state index contributed by atoms with van der Waals surface area (Å²) in [6.45, 7) is 6.72. The maximum absolute atomic E-state index is 6.12. The molecule has 0 bridgehead atoms. The lowest BCUT2D eigenvalue weighted by molar-refractivity contribution is -0.0341. The number of ether oxygens (including phenoxy) is 2. The highest BCUT2D eigenvalue weighted by Gasteiger charge is 2.26. The highest BCUT2D eigenvalue weighted by molar-refractivity contribution is 5.60. The number of pyridine rings is 2. The first-order chi connectivity index (χ1) is 13.9. The number of imidazole rings is 1. The monoisotopic (exact) mass is 379 g/mol. The summed E-state index contributed by atoms with van der Waals surface area (Å²) in [6.07, 6.45) is 5.66. The molecule has 0 amide bonds. The van der Waals surface area contributed by atoms with Crippen LogP contribution in [0.3, 0.4) is 0 Å². The number of fused-ring (bicyclic) bond motifs is 1. The van der Waals surface area contributed by atoms with Crippen molar-refractivity contribution in [3.05, 3.63) is 60.3 Å². The van der Waals surface area contributed by atoms with Gasteiger partial charge in [0.05, 0.1) is 31.0 Å². The van der Waals surface area contributed by atoms with E-state index in [0.717, 1.165) is 57.1 Å². The maximum Gasteiger partial charge on any atom is 0.114 e. The second kappa shape index (κ2) is 7.87. The quantitative estimate of drug-likeness (QED) is 0.692. The summed E-state index contributed by atoms with van der Waals surface area (Å²) in [5.41, 5.74) is 3.37. The van der Waals surface area contributed by atoms with E-state index in [4.69, 9.17) is 14.5 Å². The molecule has 5 rings (SSSR count). The normalized spacial score (nSPS) is 21.3. The van der Waals surface area contributed by atoms with E-state index in [9.17, 15) is 0 Å². The van der Waals surface area contributed by atoms with E-state index in [1.807, 2.05) is 24.8 Å². The molecule has 146 valence electrons. The van der Waals surface area contributed by atoms with Gasteiger partial charge in [-0.1, -0.05) is 12.1 Å². The number of nitrogens with zero attached hydrogens (tertiary/aromatic N) is 5. The topological polar surface area (TPSA) is 55.1 Å². The fourth-order valence-corrected chi connectivity index (χ4v) is 4.09. The predicted molar refractivity (Wildman–Crippen MR) is 106 cm³/mol. The molecule has 0 saturated carbocycles. The molecule has 2 saturated heterocycles. The van der Waals surface area contributed by atoms with Crippen LogP contribution < -0.4 is 4.90 Å². The molecule has 0 N–H and O–H groups in total. The smallest absolute Gasteiger partial charge is 0.114 e. The molecule has 1 atom stereocenters. The van der Waals surface area contributed by atoms with Gasteiger partial charge in [-0.25, -0.2) is 4.98 Å². The van der Waals surface area contributed by atoms with E-state index >= 15 is 0 Å². The summed E-state index contributed by atoms with van der Waals surface area (Å²) < 4.78 is 13.8. The Labute approximate surface area is 164 Å². The molecule has 2 fully saturated rings. The fourth-order valence-electron chi connectivity index (χ4n) is 4.09. The van der Waals surface area contributed by atoms with Crippen LogP contribution in [-0.4, -0.2) is 65.3 Å². The Morgan fingerprint density at radius 1 is 1.04 bits per heavy atom. The molecule has 1 unspecified atom stereocenters. The molecule has 5 heterocycles. The van der Waals surface area contributed by atoms with Crippen molar-refractivity contribution in [1.82, 2.24) is 19.3 Å². The van der Waals surface area contributed by atoms with Gasteiger partial charge in [0.25, 0.3) is 0 Å². The van der Waals surface area contributed by atoms with E-state index < -0.39 is 0 Å². The van der Waals surface area contributed by atoms with Crippen molar-refractivity contribution in [2.45, 2.75) is 12.6 Å². The lowest BCUT2D eigenvalue weighted by atomic mass is 10.1. The van der Waals surface area contributed by atoms with Crippen molar-refractivity contribution in [3.63, 3.8) is 0 Å². The Bertz CT molecular complexity index is 923. The van der Waals surface area contributed by atoms with Crippen LogP contribution in [0.25, 0.3) is 5.52 Å². The van der Waals surface area contributed by atoms with Gasteiger partial charge in [0, 0.05) is 45.1 Å². The Balaban J connectivity index is 1.38. The van der Waals surface area contributed by atoms with Gasteiger partial charge < -0.3 is 14.4 Å². The molecule has 28 heavy (non-hydrogen) atoms. The van der Waals surface area contributed by atoms with Crippen molar-refractivity contribution >= 4 is 11.3 Å². The van der Waals surface area contributed by atoms with Crippen LogP contribution in [0.5, 0.6) is 0 Å². The van der Waals surface area contributed by atoms with Crippen LogP contribution in [-0.2, 0) is 16.0 Å². The lowest BCUT2D eigenvalue weighted by Gasteiger charge is -2.32. The van der Waals surface area contributed by atoms with Gasteiger partial charge in [-0.15, -0.1) is 0 Å². The van der Waals surface area contributed by atoms with Gasteiger partial charge in [-0.2, -0.15) is 0 Å². The molecular formula is C21H25N5O2. The summed E-state index contributed by atoms with van der Waals surface area (Å²) in [5, 5.41) is 0. The highest BCUT2D eigenvalue weighted by Crippen LogP contribution is 2.28. The van der Waals surface area contributed by atoms with Crippen LogP contribution >= 0.6 is 0 Å². The Kier molecular flexibility index (Phi) is 4.95. The summed E-state index contributed by atoms with van der Waals surface area (Å²) in [4.78, 5) is 13.8. The van der Waals surface area contributed by atoms with Crippen LogP contribution in [0.4, 0.5) is 5.82 Å². The third-order valence-corrected chi connectivity index (χ3v) is 5.50. The molecule has 0 aliphatic carbocycles. The van der Waals surface area contributed by atoms with Crippen LogP contribution in [0, 0.1) is 0 Å². The maximum atomic E-state index is 6.12. The summed E-state index contributed by atoms with van der Waals surface area (Å²) in [6, 6.07) is 10.5. The van der Waals surface area contributed by atoms with E-state index in [1.54, 1.807) is 0 Å². The molecule has 7 nitrogen and oxygen atoms in total. The standard InChI is InChI=1S/C21H25N5O2/c1-4-18-21(23-16-26(18)20(5-1)25-8-10-27-11-9-25)19-15-24(7-12-28-19)14-17-3-2-6-22-13-17/h1-6,13,16,19H,7-12,14-15H2. The summed E-state index contributed by atoms with van der Waals surface area (Å²) >= 11 is 0. The number of morpholine rings is 2. The number of hydrogen-bond donors (Lipinski definition) is 0. The third kappa shape index (κ3) is 3.48. The SMILES string of the molecule is c1cncc(CN2CCOC(c3ncn4c(N5CCOCC5)cccc34)C2)c1. The minimum atomic E-state index is -0.0182. The molecule has 0 spiro atoms. The number of anilines is 1. The van der Waals surface area contributed by atoms with Crippen molar-refractivity contribution < 1.29 is 9.47 Å². The molecular weight excluding hydrogens is 354 g/mol. The van der Waals surface area contributed by atoms with E-state index in [0.29, 0.717) is 6.61 Å². The minimum Gasteiger partial charge on any atom is -0.378 e. The Morgan fingerprint density at radius 2 is 1.96 bits per heavy atom. The Morgan fingerprint density at radius 3 is 2.82 bits per heavy atom. The van der Waals surface area contributed by atoms with Crippen molar-refractivity contribution in [1.29, 1.82) is 0 Å². The first kappa shape index (κ1) is 17.6. The average molecular weight is 379 g/mol. The van der Waals surface area contributed by atoms with Crippen molar-refractivity contribution in [3.8, 4) is 0 Å². The van der Waals surface area contributed by atoms with Gasteiger partial charge >= 0.3 is 0 Å². The van der Waals surface area contributed by atoms with Gasteiger partial charge in [-0.05, 0) is 23.8 Å². The molecule has 7 heteroatoms. The molecule has 0 aromatic carbocycles. The number of hydrogen-bond acceptors (Lipinski definition) is 6. The lowest BCUT2D eigenvalue weighted by Crippen LogP contribution is -2.38. The van der Waals surface area contributed by atoms with E-state index in [1.165, 1.54) is 11.4 Å². The Hall–Kier alpha value is -2.48. The van der Waals surface area contributed by atoms with Crippen LogP contribution in [0.2, 0.25) is 0 Å². The van der Waals surface area contributed by atoms with Gasteiger partial charge in [-0.3, -0.25) is 14.3 Å². The molecule has 0 radical (unpaired) electrons. The van der Waals surface area contributed by atoms with Gasteiger partial charge in [0.15, 0.2) is 0 Å². The summed E-state index contributed by atoms with van der Waals surface area (Å²) in [5.74, 6) is 1.17. The molecule has 3 aromatic heterocycles. The second-order valence-electron chi connectivity index (χ2n) is 7.32. The zero-order chi connectivity index (χ0) is 18.8. The zero-order valence-electron chi connectivity index (χ0n) is 15.9. The second-order valence-corrected chi connectivity index (χ2v) is 7.32. The first-order valence-electron chi connectivity index (χ1n) is 9.90. The molecule has 2 aliphatic heterocycles. The largest absolute Gasteiger partial charge is 0.378 e. The van der Waals surface area contributed by atoms with Crippen LogP contribution in [0.15, 0.2) is 49.1 Å². The number of aromatic nitrogens is 3. The van der Waals surface area contributed by atoms with Gasteiger partial charge in [0.2, 0.25) is 0 Å². The minimum absolute atomic E-state index is 0.0182. The van der Waals surface area contributed by atoms with Crippen LogP contribution in [0.1, 0.15) is 17.4 Å². The molecule has 2 aliphatic rings. The highest BCUT2D eigenvalue weighted by atomic mass is 16.5. The first-order valence-corrected chi connectivity index (χ1v) is 9.90.